The molecule has 1 amide bonds. The fraction of sp³-hybridized carbons (Fsp3) is 0.543. The van der Waals surface area contributed by atoms with Crippen LogP contribution in [0.2, 0.25) is 5.02 Å². The second kappa shape index (κ2) is 13.7. The fourth-order valence-electron chi connectivity index (χ4n) is 6.91. The number of aromatic nitrogens is 2. The molecule has 1 aromatic heterocycles. The third kappa shape index (κ3) is 7.20. The predicted octanol–water partition coefficient (Wildman–Crippen LogP) is 5.28. The summed E-state index contributed by atoms with van der Waals surface area (Å²) in [6, 6.07) is 14.7. The first-order valence-electron chi connectivity index (χ1n) is 16.3. The number of nitriles is 1. The number of nitrogens with zero attached hydrogens (tertiary/aromatic N) is 7. The van der Waals surface area contributed by atoms with Crippen molar-refractivity contribution in [2.24, 2.45) is 0 Å². The first-order chi connectivity index (χ1) is 22.5. The van der Waals surface area contributed by atoms with Gasteiger partial charge in [-0.25, -0.2) is 4.79 Å². The average Bonchev–Trinajstić information content (AvgIpc) is 3.41. The van der Waals surface area contributed by atoms with Crippen molar-refractivity contribution in [2.75, 3.05) is 63.3 Å². The van der Waals surface area contributed by atoms with E-state index in [4.69, 9.17) is 35.8 Å². The highest BCUT2D eigenvalue weighted by molar-refractivity contribution is 6.36. The number of ether oxygens (including phenoxy) is 3. The number of halogens is 1. The molecule has 0 saturated carbocycles. The van der Waals surface area contributed by atoms with Gasteiger partial charge < -0.3 is 28.9 Å². The molecule has 3 aromatic rings. The van der Waals surface area contributed by atoms with E-state index in [1.165, 1.54) is 0 Å². The van der Waals surface area contributed by atoms with Crippen LogP contribution in [0.1, 0.15) is 44.9 Å². The van der Waals surface area contributed by atoms with Crippen LogP contribution < -0.4 is 14.5 Å². The minimum absolute atomic E-state index is 0.174. The first kappa shape index (κ1) is 33.1. The zero-order valence-electron chi connectivity index (χ0n) is 27.9. The third-order valence-electron chi connectivity index (χ3n) is 9.32. The molecule has 11 nitrogen and oxygen atoms in total. The number of amides is 1. The fourth-order valence-corrected chi connectivity index (χ4v) is 7.19. The van der Waals surface area contributed by atoms with E-state index in [2.05, 4.69) is 52.1 Å². The van der Waals surface area contributed by atoms with E-state index < -0.39 is 11.7 Å². The summed E-state index contributed by atoms with van der Waals surface area (Å²) in [6.45, 7) is 9.61. The summed E-state index contributed by atoms with van der Waals surface area (Å²) in [5.74, 6) is 0.807. The molecule has 6 rings (SSSR count). The topological polar surface area (TPSA) is 107 Å². The molecular weight excluding hydrogens is 618 g/mol. The molecule has 0 bridgehead atoms. The molecule has 3 aliphatic heterocycles. The predicted molar refractivity (Wildman–Crippen MR) is 182 cm³/mol. The van der Waals surface area contributed by atoms with Crippen LogP contribution in [0.3, 0.4) is 0 Å². The van der Waals surface area contributed by atoms with Crippen molar-refractivity contribution in [3.05, 3.63) is 52.7 Å². The molecule has 3 aliphatic rings. The summed E-state index contributed by atoms with van der Waals surface area (Å²) in [5.41, 5.74) is 2.42. The molecule has 47 heavy (non-hydrogen) atoms. The maximum Gasteiger partial charge on any atom is 0.410 e. The zero-order chi connectivity index (χ0) is 33.3. The molecule has 0 unspecified atom stereocenters. The molecule has 0 aliphatic carbocycles. The van der Waals surface area contributed by atoms with Gasteiger partial charge in [0.15, 0.2) is 0 Å². The monoisotopic (exact) mass is 661 g/mol. The maximum atomic E-state index is 13.1. The van der Waals surface area contributed by atoms with Crippen molar-refractivity contribution in [1.29, 1.82) is 5.26 Å². The summed E-state index contributed by atoms with van der Waals surface area (Å²) in [6.07, 6.45) is 1.57. The number of rotatable bonds is 7. The number of likely N-dealkylation sites (tertiary alicyclic amines) is 1. The Morgan fingerprint density at radius 1 is 1.06 bits per heavy atom. The molecule has 2 saturated heterocycles. The van der Waals surface area contributed by atoms with Gasteiger partial charge in [0.2, 0.25) is 0 Å². The number of fused-ring (bicyclic) bond motifs is 2. The Bertz CT molecular complexity index is 1650. The minimum atomic E-state index is -0.625. The van der Waals surface area contributed by atoms with Crippen molar-refractivity contribution in [3.8, 4) is 12.1 Å². The highest BCUT2D eigenvalue weighted by Gasteiger charge is 2.36. The van der Waals surface area contributed by atoms with Gasteiger partial charge in [-0.3, -0.25) is 4.90 Å². The highest BCUT2D eigenvalue weighted by atomic mass is 35.5. The van der Waals surface area contributed by atoms with Gasteiger partial charge in [0.05, 0.1) is 41.9 Å². The van der Waals surface area contributed by atoms with Gasteiger partial charge in [-0.05, 0) is 58.2 Å². The minimum Gasteiger partial charge on any atom is -0.462 e. The smallest absolute Gasteiger partial charge is 0.410 e. The number of likely N-dealkylation sites (N-methyl/N-ethyl adjacent to an activating group) is 1. The Kier molecular flexibility index (Phi) is 9.65. The van der Waals surface area contributed by atoms with E-state index >= 15 is 0 Å². The largest absolute Gasteiger partial charge is 0.462 e. The van der Waals surface area contributed by atoms with Crippen molar-refractivity contribution < 1.29 is 19.0 Å². The second-order valence-corrected chi connectivity index (χ2v) is 14.1. The number of carbonyl (C=O) groups excluding carboxylic acids is 1. The van der Waals surface area contributed by atoms with Gasteiger partial charge in [-0.2, -0.15) is 15.2 Å². The van der Waals surface area contributed by atoms with E-state index in [9.17, 15) is 10.1 Å². The molecule has 2 aromatic carbocycles. The van der Waals surface area contributed by atoms with Crippen LogP contribution >= 0.6 is 11.6 Å². The van der Waals surface area contributed by atoms with Crippen LogP contribution in [0.5, 0.6) is 6.01 Å². The number of hydrogen-bond acceptors (Lipinski definition) is 10. The number of methoxy groups -OCH3 is 1. The van der Waals surface area contributed by atoms with E-state index in [1.54, 1.807) is 12.0 Å². The van der Waals surface area contributed by atoms with Gasteiger partial charge in [0.25, 0.3) is 0 Å². The SMILES string of the molecule is CO[C@@H]1C[C@H](COc2nc3c(c(N4CCN(C(=O)OC(C)(C)C)[C@@H](CC#N)C4)n2)CCN(c2cccc4cccc(Cl)c24)C3)N(C)C1. The van der Waals surface area contributed by atoms with Crippen LogP contribution in [0.15, 0.2) is 36.4 Å². The van der Waals surface area contributed by atoms with Crippen molar-refractivity contribution in [2.45, 2.75) is 70.4 Å². The van der Waals surface area contributed by atoms with E-state index in [0.717, 1.165) is 64.5 Å². The summed E-state index contributed by atoms with van der Waals surface area (Å²) in [7, 11) is 3.83. The molecule has 0 spiro atoms. The van der Waals surface area contributed by atoms with Crippen LogP contribution in [0, 0.1) is 11.3 Å². The van der Waals surface area contributed by atoms with Gasteiger partial charge in [-0.1, -0.05) is 35.9 Å². The van der Waals surface area contributed by atoms with Gasteiger partial charge in [0.1, 0.15) is 18.0 Å². The van der Waals surface area contributed by atoms with E-state index in [-0.39, 0.29) is 24.6 Å². The Morgan fingerprint density at radius 2 is 1.85 bits per heavy atom. The molecule has 4 heterocycles. The lowest BCUT2D eigenvalue weighted by Gasteiger charge is -2.42. The number of piperazine rings is 1. The van der Waals surface area contributed by atoms with Gasteiger partial charge in [0, 0.05) is 62.5 Å². The van der Waals surface area contributed by atoms with Crippen LogP contribution in [-0.4, -0.2) is 103 Å². The number of benzene rings is 2. The van der Waals surface area contributed by atoms with Crippen molar-refractivity contribution in [3.63, 3.8) is 0 Å². The average molecular weight is 662 g/mol. The highest BCUT2D eigenvalue weighted by Crippen LogP contribution is 2.37. The molecule has 0 N–H and O–H groups in total. The normalized spacial score (nSPS) is 21.9. The van der Waals surface area contributed by atoms with E-state index in [1.807, 2.05) is 32.9 Å². The first-order valence-corrected chi connectivity index (χ1v) is 16.7. The summed E-state index contributed by atoms with van der Waals surface area (Å²) in [5, 5.41) is 12.5. The second-order valence-electron chi connectivity index (χ2n) is 13.7. The van der Waals surface area contributed by atoms with Crippen molar-refractivity contribution >= 4 is 40.0 Å². The van der Waals surface area contributed by atoms with Crippen LogP contribution in [0.4, 0.5) is 16.3 Å². The molecule has 3 atom stereocenters. The zero-order valence-corrected chi connectivity index (χ0v) is 28.7. The van der Waals surface area contributed by atoms with E-state index in [0.29, 0.717) is 38.8 Å². The Labute approximate surface area is 281 Å². The quantitative estimate of drug-likeness (QED) is 0.332. The van der Waals surface area contributed by atoms with Gasteiger partial charge >= 0.3 is 12.1 Å². The molecule has 12 heteroatoms. The summed E-state index contributed by atoms with van der Waals surface area (Å²) in [4.78, 5) is 31.5. The maximum absolute atomic E-state index is 13.1. The molecule has 250 valence electrons. The molecule has 0 radical (unpaired) electrons. The van der Waals surface area contributed by atoms with Crippen LogP contribution in [-0.2, 0) is 22.4 Å². The summed E-state index contributed by atoms with van der Waals surface area (Å²) >= 11 is 6.73. The lowest BCUT2D eigenvalue weighted by Crippen LogP contribution is -2.56. The Hall–Kier alpha value is -3.85. The number of anilines is 2. The molecule has 2 fully saturated rings. The lowest BCUT2D eigenvalue weighted by molar-refractivity contribution is 0.0144. The van der Waals surface area contributed by atoms with Crippen LogP contribution in [0.25, 0.3) is 10.8 Å². The Morgan fingerprint density at radius 3 is 2.57 bits per heavy atom. The number of hydrogen-bond donors (Lipinski definition) is 0. The Balaban J connectivity index is 1.31. The number of carbonyl (C=O) groups is 1. The standard InChI is InChI=1S/C35H44ClN7O4/c1-35(2,3)47-34(44)43-17-16-42(19-24(43)12-14-37)32-27-13-15-41(30-11-7-9-23-8-6-10-28(36)31(23)30)21-29(27)38-33(39-32)46-22-25-18-26(45-5)20-40(25)4/h6-11,24-26H,12-13,15-22H2,1-5H3/t24-,25+,26+/m0/s1. The van der Waals surface area contributed by atoms with Gasteiger partial charge in [-0.15, -0.1) is 0 Å². The summed E-state index contributed by atoms with van der Waals surface area (Å²) < 4.78 is 17.6. The third-order valence-corrected chi connectivity index (χ3v) is 9.64. The molecular formula is C35H44ClN7O4. The van der Waals surface area contributed by atoms with Crippen molar-refractivity contribution in [1.82, 2.24) is 19.8 Å². The lowest BCUT2D eigenvalue weighted by atomic mass is 10.0.